The normalized spacial score (nSPS) is 17.2. The van der Waals surface area contributed by atoms with Crippen molar-refractivity contribution in [2.24, 2.45) is 15.9 Å². The summed E-state index contributed by atoms with van der Waals surface area (Å²) in [5.41, 5.74) is 10.7. The lowest BCUT2D eigenvalue weighted by Crippen LogP contribution is -2.56. The van der Waals surface area contributed by atoms with Gasteiger partial charge in [0.1, 0.15) is 35.5 Å². The van der Waals surface area contributed by atoms with Gasteiger partial charge in [-0.05, 0) is 76.0 Å². The molecule has 26 nitrogen and oxygen atoms in total. The van der Waals surface area contributed by atoms with E-state index in [2.05, 4.69) is 74.6 Å². The number of halogens is 2. The average Bonchev–Trinajstić information content (AvgIpc) is 1.26. The summed E-state index contributed by atoms with van der Waals surface area (Å²) in [4.78, 5) is 98.4. The van der Waals surface area contributed by atoms with Crippen LogP contribution in [0.1, 0.15) is 65.2 Å². The minimum absolute atomic E-state index is 0.00472. The highest BCUT2D eigenvalue weighted by Crippen LogP contribution is 2.31. The Hall–Kier alpha value is -8.55. The first kappa shape index (κ1) is 65.9. The number of pyridine rings is 4. The van der Waals surface area contributed by atoms with E-state index < -0.39 is 42.6 Å². The number of sulfone groups is 2. The lowest BCUT2D eigenvalue weighted by atomic mass is 9.84. The standard InChI is InChI=1S/C30H33ClN8O5S.C23H22ClN7O3.C7H11NO2S/c1-30(2)18-37(19-30)26(40)17-38-27-23(13-24(29(38)42)28(41)33-14-20-3-5-21(31)6-4-20)25(7-8-32-27)39-16-22(34-35-39)15-36-9-11-45(43,44)12-10-36;1-23(2)12-30(13-23)19(32)11-31-20-16(18(28-29-25)7-8-26-20)9-17(22(31)34)21(33)27-10-14-3-5-15(24)6-4-14;1-2-3-8-4-6-11(9,10)7-5-8/h3-8,13,16H,9-12,14-15,17-19H2,1-2H3,(H,33,41);3-9H,10-13H2,1-2H3,(H,27,33);1H,3-7H2. The van der Waals surface area contributed by atoms with Crippen LogP contribution in [0.15, 0.2) is 106 Å². The number of hydrogen-bond donors (Lipinski definition) is 2. The van der Waals surface area contributed by atoms with Gasteiger partial charge in [-0.25, -0.2) is 31.5 Å². The number of carbonyl (C=O) groups is 4. The SMILES string of the molecule is C#CCN1CCS(=O)(=O)CC1.CC1(C)CN(C(=O)Cn2c(=O)c(C(=O)NCc3ccc(Cl)cc3)cc3c(-n4cc(CN5CCS(=O)(=O)CC5)nn4)ccnc32)C1.CC1(C)CN(C(=O)Cn2c(=O)c(C(=O)NCc3ccc(Cl)cc3)cc3c(N=[N+]=[N-])ccnc32)C1. The monoisotopic (exact) mass is 1300 g/mol. The lowest BCUT2D eigenvalue weighted by Gasteiger charge is -2.45. The number of likely N-dealkylation sites (tertiary alicyclic amines) is 2. The van der Waals surface area contributed by atoms with Gasteiger partial charge < -0.3 is 20.4 Å². The van der Waals surface area contributed by atoms with Gasteiger partial charge >= 0.3 is 0 Å². The van der Waals surface area contributed by atoms with Crippen LogP contribution in [0.5, 0.6) is 0 Å². The summed E-state index contributed by atoms with van der Waals surface area (Å²) in [5.74, 6) is 1.50. The van der Waals surface area contributed by atoms with Crippen LogP contribution >= 0.6 is 23.2 Å². The van der Waals surface area contributed by atoms with E-state index in [4.69, 9.17) is 35.2 Å². The van der Waals surface area contributed by atoms with Crippen LogP contribution in [-0.2, 0) is 62.0 Å². The van der Waals surface area contributed by atoms with Crippen LogP contribution < -0.4 is 21.8 Å². The molecule has 90 heavy (non-hydrogen) atoms. The minimum atomic E-state index is -3.01. The molecule has 0 radical (unpaired) electrons. The van der Waals surface area contributed by atoms with Crippen molar-refractivity contribution in [3.05, 3.63) is 161 Å². The van der Waals surface area contributed by atoms with E-state index in [0.29, 0.717) is 97.6 Å². The van der Waals surface area contributed by atoms with E-state index in [1.165, 1.54) is 39.8 Å². The highest BCUT2D eigenvalue weighted by atomic mass is 35.5. The van der Waals surface area contributed by atoms with Crippen LogP contribution in [0.3, 0.4) is 0 Å². The molecule has 0 unspecified atom stereocenters. The highest BCUT2D eigenvalue weighted by Gasteiger charge is 2.39. The molecular formula is C60H66Cl2N16O10S2. The van der Waals surface area contributed by atoms with E-state index in [9.17, 15) is 45.6 Å². The molecule has 7 aromatic rings. The number of amides is 4. The van der Waals surface area contributed by atoms with Crippen LogP contribution in [0, 0.1) is 23.2 Å². The van der Waals surface area contributed by atoms with Crippen LogP contribution in [-0.4, -0.2) is 176 Å². The molecule has 0 bridgehead atoms. The van der Waals surface area contributed by atoms with Gasteiger partial charge in [-0.2, -0.15) is 0 Å². The van der Waals surface area contributed by atoms with Gasteiger partial charge in [0.25, 0.3) is 22.9 Å². The average molecular weight is 1310 g/mol. The zero-order valence-electron chi connectivity index (χ0n) is 49.9. The second-order valence-corrected chi connectivity index (χ2v) is 29.4. The maximum atomic E-state index is 13.8. The summed E-state index contributed by atoms with van der Waals surface area (Å²) in [6, 6.07) is 19.9. The Morgan fingerprint density at radius 2 is 1.11 bits per heavy atom. The molecule has 472 valence electrons. The van der Waals surface area contributed by atoms with Crippen molar-refractivity contribution in [1.82, 2.24) is 64.3 Å². The van der Waals surface area contributed by atoms with Gasteiger partial charge in [-0.15, -0.1) is 11.5 Å². The molecule has 0 saturated carbocycles. The second kappa shape index (κ2) is 27.7. The number of rotatable bonds is 15. The molecule has 9 heterocycles. The highest BCUT2D eigenvalue weighted by molar-refractivity contribution is 7.91. The fourth-order valence-electron chi connectivity index (χ4n) is 10.7. The fraction of sp³-hybridized carbons (Fsp3) is 0.400. The Morgan fingerprint density at radius 3 is 1.57 bits per heavy atom. The quantitative estimate of drug-likeness (QED) is 0.0603. The van der Waals surface area contributed by atoms with Gasteiger partial charge in [-0.1, -0.05) is 91.4 Å². The molecule has 4 fully saturated rings. The van der Waals surface area contributed by atoms with Gasteiger partial charge in [-0.3, -0.25) is 47.7 Å². The van der Waals surface area contributed by atoms with Crippen LogP contribution in [0.2, 0.25) is 10.0 Å². The molecule has 4 aliphatic heterocycles. The molecule has 0 aliphatic carbocycles. The summed E-state index contributed by atoms with van der Waals surface area (Å²) in [6.45, 7) is 13.3. The summed E-state index contributed by atoms with van der Waals surface area (Å²) >= 11 is 11.9. The van der Waals surface area contributed by atoms with Crippen molar-refractivity contribution in [2.75, 3.05) is 81.9 Å². The number of aromatic nitrogens is 7. The Morgan fingerprint density at radius 1 is 0.667 bits per heavy atom. The third-order valence-electron chi connectivity index (χ3n) is 15.4. The lowest BCUT2D eigenvalue weighted by molar-refractivity contribution is -0.142. The molecule has 5 aromatic heterocycles. The van der Waals surface area contributed by atoms with Crippen LogP contribution in [0.4, 0.5) is 5.69 Å². The molecule has 0 atom stereocenters. The first-order valence-electron chi connectivity index (χ1n) is 28.6. The van der Waals surface area contributed by atoms with E-state index in [0.717, 1.165) is 15.7 Å². The fourth-order valence-corrected chi connectivity index (χ4v) is 13.5. The Labute approximate surface area is 528 Å². The zero-order valence-corrected chi connectivity index (χ0v) is 53.0. The predicted molar refractivity (Wildman–Crippen MR) is 340 cm³/mol. The maximum absolute atomic E-state index is 13.8. The number of azide groups is 1. The molecule has 2 aromatic carbocycles. The molecule has 11 rings (SSSR count). The third kappa shape index (κ3) is 16.4. The first-order valence-corrected chi connectivity index (χ1v) is 33.0. The molecule has 30 heteroatoms. The number of terminal acetylenes is 1. The van der Waals surface area contributed by atoms with Gasteiger partial charge in [0.05, 0.1) is 47.1 Å². The van der Waals surface area contributed by atoms with Gasteiger partial charge in [0.2, 0.25) is 11.8 Å². The molecule has 4 aliphatic rings. The molecular weight excluding hydrogens is 1240 g/mol. The predicted octanol–water partition coefficient (Wildman–Crippen LogP) is 4.80. The molecule has 2 N–H and O–H groups in total. The van der Waals surface area contributed by atoms with Crippen molar-refractivity contribution in [1.29, 1.82) is 0 Å². The maximum Gasteiger partial charge on any atom is 0.265 e. The number of nitrogens with one attached hydrogen (secondary N) is 2. The number of nitrogens with zero attached hydrogens (tertiary/aromatic N) is 14. The van der Waals surface area contributed by atoms with E-state index in [1.807, 2.05) is 9.80 Å². The summed E-state index contributed by atoms with van der Waals surface area (Å²) < 4.78 is 49.4. The summed E-state index contributed by atoms with van der Waals surface area (Å²) in [6.07, 6.45) is 9.71. The molecule has 0 spiro atoms. The van der Waals surface area contributed by atoms with E-state index in [-0.39, 0.29) is 99.9 Å². The Balaban J connectivity index is 0.000000187. The Kier molecular flexibility index (Phi) is 20.3. The van der Waals surface area contributed by atoms with Gasteiger partial charge in [0.15, 0.2) is 19.7 Å². The first-order chi connectivity index (χ1) is 42.7. The topological polar surface area (TPSA) is 323 Å². The molecule has 4 amide bonds. The smallest absolute Gasteiger partial charge is 0.265 e. The van der Waals surface area contributed by atoms with Gasteiger partial charge in [0, 0.05) is 116 Å². The number of fused-ring (bicyclic) bond motifs is 2. The number of hydrogen-bond acceptors (Lipinski definition) is 17. The molecule has 4 saturated heterocycles. The summed E-state index contributed by atoms with van der Waals surface area (Å²) in [5, 5.41) is 19.6. The zero-order chi connectivity index (χ0) is 64.7. The minimum Gasteiger partial charge on any atom is -0.348 e. The van der Waals surface area contributed by atoms with Crippen molar-refractivity contribution < 1.29 is 36.0 Å². The Bertz CT molecular complexity index is 4330. The van der Waals surface area contributed by atoms with E-state index in [1.54, 1.807) is 70.6 Å². The van der Waals surface area contributed by atoms with E-state index >= 15 is 0 Å². The number of carbonyl (C=O) groups excluding carboxylic acids is 4. The number of benzene rings is 2. The van der Waals surface area contributed by atoms with Crippen LogP contribution in [0.25, 0.3) is 38.2 Å². The van der Waals surface area contributed by atoms with Crippen molar-refractivity contribution in [2.45, 2.75) is 60.4 Å². The van der Waals surface area contributed by atoms with Crippen molar-refractivity contribution >= 4 is 94.3 Å². The summed E-state index contributed by atoms with van der Waals surface area (Å²) in [7, 11) is -5.76. The third-order valence-corrected chi connectivity index (χ3v) is 19.2. The van der Waals surface area contributed by atoms with Crippen molar-refractivity contribution in [3.63, 3.8) is 0 Å². The second-order valence-electron chi connectivity index (χ2n) is 23.9. The van der Waals surface area contributed by atoms with Crippen molar-refractivity contribution in [3.8, 4) is 18.0 Å². The largest absolute Gasteiger partial charge is 0.348 e.